The van der Waals surface area contributed by atoms with Crippen molar-refractivity contribution in [3.05, 3.63) is 42.5 Å². The van der Waals surface area contributed by atoms with E-state index in [1.54, 1.807) is 11.0 Å². The molecule has 5 nitrogen and oxygen atoms in total. The molecule has 2 unspecified atom stereocenters. The van der Waals surface area contributed by atoms with Crippen LogP contribution in [-0.4, -0.2) is 26.7 Å². The van der Waals surface area contributed by atoms with Crippen molar-refractivity contribution in [2.75, 3.05) is 0 Å². The Labute approximate surface area is 124 Å². The molecule has 0 bridgehead atoms. The van der Waals surface area contributed by atoms with E-state index in [2.05, 4.69) is 22.3 Å². The van der Waals surface area contributed by atoms with E-state index in [-0.39, 0.29) is 5.91 Å². The molecule has 1 heterocycles. The zero-order chi connectivity index (χ0) is 14.7. The minimum atomic E-state index is 0.0129. The molecule has 2 atom stereocenters. The third kappa shape index (κ3) is 3.12. The first-order valence-corrected chi connectivity index (χ1v) is 7.50. The van der Waals surface area contributed by atoms with Crippen molar-refractivity contribution in [2.24, 2.45) is 5.92 Å². The predicted molar refractivity (Wildman–Crippen MR) is 80.2 cm³/mol. The summed E-state index contributed by atoms with van der Waals surface area (Å²) >= 11 is 0. The molecule has 3 rings (SSSR count). The molecule has 1 saturated carbocycles. The van der Waals surface area contributed by atoms with Gasteiger partial charge in [-0.05, 0) is 43.0 Å². The predicted octanol–water partition coefficient (Wildman–Crippen LogP) is 2.58. The Morgan fingerprint density at radius 1 is 1.24 bits per heavy atom. The smallest absolute Gasteiger partial charge is 0.251 e. The van der Waals surface area contributed by atoms with E-state index in [1.165, 1.54) is 25.6 Å². The Balaban J connectivity index is 1.67. The minimum absolute atomic E-state index is 0.0129. The van der Waals surface area contributed by atoms with E-state index < -0.39 is 0 Å². The van der Waals surface area contributed by atoms with Crippen molar-refractivity contribution in [3.63, 3.8) is 0 Å². The van der Waals surface area contributed by atoms with Crippen molar-refractivity contribution in [1.29, 1.82) is 0 Å². The topological polar surface area (TPSA) is 59.8 Å². The summed E-state index contributed by atoms with van der Waals surface area (Å²) in [5.74, 6) is 0.580. The van der Waals surface area contributed by atoms with E-state index in [0.717, 1.165) is 12.1 Å². The maximum Gasteiger partial charge on any atom is 0.251 e. The summed E-state index contributed by atoms with van der Waals surface area (Å²) in [5, 5.41) is 7.23. The molecule has 1 amide bonds. The molecule has 21 heavy (non-hydrogen) atoms. The Bertz CT molecular complexity index is 591. The molecule has 110 valence electrons. The van der Waals surface area contributed by atoms with Gasteiger partial charge in [0.15, 0.2) is 0 Å². The second-order valence-corrected chi connectivity index (χ2v) is 5.73. The van der Waals surface area contributed by atoms with Crippen LogP contribution in [0.25, 0.3) is 5.69 Å². The highest BCUT2D eigenvalue weighted by molar-refractivity contribution is 5.94. The van der Waals surface area contributed by atoms with Gasteiger partial charge < -0.3 is 5.32 Å². The van der Waals surface area contributed by atoms with Crippen LogP contribution in [0, 0.1) is 5.92 Å². The Morgan fingerprint density at radius 3 is 2.67 bits per heavy atom. The number of rotatable bonds is 3. The molecule has 0 spiro atoms. The normalized spacial score (nSPS) is 22.0. The van der Waals surface area contributed by atoms with Gasteiger partial charge >= 0.3 is 0 Å². The number of aromatic nitrogens is 3. The van der Waals surface area contributed by atoms with Crippen LogP contribution < -0.4 is 5.32 Å². The largest absolute Gasteiger partial charge is 0.349 e. The summed E-state index contributed by atoms with van der Waals surface area (Å²) in [6.45, 7) is 2.22. The SMILES string of the molecule is CC1CCCCC1NC(=O)c1ccc(-n2cncn2)cc1. The highest BCUT2D eigenvalue weighted by Crippen LogP contribution is 2.24. The third-order valence-corrected chi connectivity index (χ3v) is 4.24. The van der Waals surface area contributed by atoms with Gasteiger partial charge in [-0.2, -0.15) is 5.10 Å². The zero-order valence-electron chi connectivity index (χ0n) is 12.2. The van der Waals surface area contributed by atoms with Crippen LogP contribution in [0.4, 0.5) is 0 Å². The second kappa shape index (κ2) is 6.08. The molecule has 0 aliphatic heterocycles. The lowest BCUT2D eigenvalue weighted by atomic mass is 9.86. The Morgan fingerprint density at radius 2 is 2.00 bits per heavy atom. The quantitative estimate of drug-likeness (QED) is 0.942. The molecule has 2 aromatic rings. The molecule has 1 N–H and O–H groups in total. The zero-order valence-corrected chi connectivity index (χ0v) is 12.2. The van der Waals surface area contributed by atoms with Gasteiger partial charge in [-0.1, -0.05) is 19.8 Å². The average molecular weight is 284 g/mol. The third-order valence-electron chi connectivity index (χ3n) is 4.24. The van der Waals surface area contributed by atoms with Gasteiger partial charge in [0, 0.05) is 11.6 Å². The van der Waals surface area contributed by atoms with E-state index in [0.29, 0.717) is 17.5 Å². The molecule has 1 fully saturated rings. The summed E-state index contributed by atoms with van der Waals surface area (Å²) in [6, 6.07) is 7.74. The van der Waals surface area contributed by atoms with Crippen molar-refractivity contribution in [3.8, 4) is 5.69 Å². The molecule has 1 aliphatic rings. The molecule has 1 aromatic heterocycles. The summed E-state index contributed by atoms with van der Waals surface area (Å²) in [4.78, 5) is 16.2. The number of benzene rings is 1. The van der Waals surface area contributed by atoms with Gasteiger partial charge in [-0.15, -0.1) is 0 Å². The standard InChI is InChI=1S/C16H20N4O/c1-12-4-2-3-5-15(12)19-16(21)13-6-8-14(9-7-13)20-11-17-10-18-20/h6-12,15H,2-5H2,1H3,(H,19,21). The number of amides is 1. The van der Waals surface area contributed by atoms with Crippen LogP contribution in [0.1, 0.15) is 43.0 Å². The van der Waals surface area contributed by atoms with E-state index >= 15 is 0 Å². The van der Waals surface area contributed by atoms with Gasteiger partial charge in [0.2, 0.25) is 0 Å². The molecular formula is C16H20N4O. The first-order valence-electron chi connectivity index (χ1n) is 7.50. The number of carbonyl (C=O) groups is 1. The van der Waals surface area contributed by atoms with Crippen molar-refractivity contribution in [2.45, 2.75) is 38.6 Å². The number of hydrogen-bond acceptors (Lipinski definition) is 3. The molecule has 1 aromatic carbocycles. The maximum absolute atomic E-state index is 12.3. The van der Waals surface area contributed by atoms with E-state index in [9.17, 15) is 4.79 Å². The molecule has 0 saturated heterocycles. The summed E-state index contributed by atoms with van der Waals surface area (Å²) in [7, 11) is 0. The molecular weight excluding hydrogens is 264 g/mol. The van der Waals surface area contributed by atoms with Crippen molar-refractivity contribution in [1.82, 2.24) is 20.1 Å². The fourth-order valence-corrected chi connectivity index (χ4v) is 2.89. The summed E-state index contributed by atoms with van der Waals surface area (Å²) in [5.41, 5.74) is 1.59. The van der Waals surface area contributed by atoms with Crippen molar-refractivity contribution < 1.29 is 4.79 Å². The molecule has 5 heteroatoms. The van der Waals surface area contributed by atoms with Gasteiger partial charge in [0.25, 0.3) is 5.91 Å². The van der Waals surface area contributed by atoms with E-state index in [1.807, 2.05) is 24.3 Å². The van der Waals surface area contributed by atoms with Crippen LogP contribution in [-0.2, 0) is 0 Å². The number of hydrogen-bond donors (Lipinski definition) is 1. The van der Waals surface area contributed by atoms with E-state index in [4.69, 9.17) is 0 Å². The minimum Gasteiger partial charge on any atom is -0.349 e. The summed E-state index contributed by atoms with van der Waals surface area (Å²) in [6.07, 6.45) is 7.91. The van der Waals surface area contributed by atoms with Crippen LogP contribution in [0.2, 0.25) is 0 Å². The van der Waals surface area contributed by atoms with Gasteiger partial charge in [-0.25, -0.2) is 9.67 Å². The lowest BCUT2D eigenvalue weighted by molar-refractivity contribution is 0.0910. The van der Waals surface area contributed by atoms with Crippen LogP contribution in [0.15, 0.2) is 36.9 Å². The Kier molecular flexibility index (Phi) is 3.99. The number of nitrogens with one attached hydrogen (secondary N) is 1. The van der Waals surface area contributed by atoms with Crippen LogP contribution >= 0.6 is 0 Å². The maximum atomic E-state index is 12.3. The highest BCUT2D eigenvalue weighted by atomic mass is 16.1. The van der Waals surface area contributed by atoms with Gasteiger partial charge in [-0.3, -0.25) is 4.79 Å². The first-order chi connectivity index (χ1) is 10.2. The monoisotopic (exact) mass is 284 g/mol. The lowest BCUT2D eigenvalue weighted by Crippen LogP contribution is -2.41. The number of carbonyl (C=O) groups excluding carboxylic acids is 1. The molecule has 0 radical (unpaired) electrons. The van der Waals surface area contributed by atoms with Gasteiger partial charge in [0.05, 0.1) is 5.69 Å². The lowest BCUT2D eigenvalue weighted by Gasteiger charge is -2.29. The second-order valence-electron chi connectivity index (χ2n) is 5.73. The van der Waals surface area contributed by atoms with Crippen LogP contribution in [0.3, 0.4) is 0 Å². The highest BCUT2D eigenvalue weighted by Gasteiger charge is 2.23. The van der Waals surface area contributed by atoms with Gasteiger partial charge in [0.1, 0.15) is 12.7 Å². The fraction of sp³-hybridized carbons (Fsp3) is 0.438. The van der Waals surface area contributed by atoms with Crippen molar-refractivity contribution >= 4 is 5.91 Å². The summed E-state index contributed by atoms with van der Waals surface area (Å²) < 4.78 is 1.67. The molecule has 1 aliphatic carbocycles. The number of nitrogens with zero attached hydrogens (tertiary/aromatic N) is 3. The van der Waals surface area contributed by atoms with Crippen LogP contribution in [0.5, 0.6) is 0 Å². The fourth-order valence-electron chi connectivity index (χ4n) is 2.89. The average Bonchev–Trinajstić information content (AvgIpc) is 3.04. The first kappa shape index (κ1) is 13.8. The Hall–Kier alpha value is -2.17.